The van der Waals surface area contributed by atoms with Crippen molar-refractivity contribution in [3.63, 3.8) is 0 Å². The lowest BCUT2D eigenvalue weighted by Gasteiger charge is -1.99. The number of fused-ring (bicyclic) bond motifs is 1. The molecule has 2 heteroatoms. The summed E-state index contributed by atoms with van der Waals surface area (Å²) in [7, 11) is 0. The number of benzene rings is 1. The van der Waals surface area contributed by atoms with Crippen molar-refractivity contribution in [3.8, 4) is 11.5 Å². The molecule has 2 aromatic heterocycles. The minimum atomic E-state index is 0.806. The molecule has 0 bridgehead atoms. The highest BCUT2D eigenvalue weighted by Gasteiger charge is 2.02. The third-order valence-electron chi connectivity index (χ3n) is 2.40. The molecule has 0 aliphatic heterocycles. The Morgan fingerprint density at radius 3 is 2.60 bits per heavy atom. The summed E-state index contributed by atoms with van der Waals surface area (Å²) in [5.41, 5.74) is 0.874. The number of hydrogen-bond acceptors (Lipinski definition) is 2. The largest absolute Gasteiger partial charge is 0.463 e. The van der Waals surface area contributed by atoms with Crippen LogP contribution in [0, 0.1) is 0 Å². The van der Waals surface area contributed by atoms with Crippen molar-refractivity contribution in [2.24, 2.45) is 0 Å². The SMILES string of the molecule is c1coc(-c2cc3ccccc3cn2)c1. The van der Waals surface area contributed by atoms with Gasteiger partial charge in [-0.15, -0.1) is 0 Å². The van der Waals surface area contributed by atoms with E-state index in [1.54, 1.807) is 6.26 Å². The number of pyridine rings is 1. The minimum Gasteiger partial charge on any atom is -0.463 e. The van der Waals surface area contributed by atoms with E-state index in [1.807, 2.05) is 42.6 Å². The van der Waals surface area contributed by atoms with Crippen LogP contribution in [0.2, 0.25) is 0 Å². The second kappa shape index (κ2) is 3.24. The zero-order valence-corrected chi connectivity index (χ0v) is 8.05. The average Bonchev–Trinajstić information content (AvgIpc) is 2.82. The number of rotatable bonds is 1. The fraction of sp³-hybridized carbons (Fsp3) is 0. The highest BCUT2D eigenvalue weighted by atomic mass is 16.3. The number of aromatic nitrogens is 1. The summed E-state index contributed by atoms with van der Waals surface area (Å²) >= 11 is 0. The van der Waals surface area contributed by atoms with E-state index in [0.29, 0.717) is 0 Å². The molecule has 0 saturated heterocycles. The van der Waals surface area contributed by atoms with E-state index in [-0.39, 0.29) is 0 Å². The predicted octanol–water partition coefficient (Wildman–Crippen LogP) is 3.49. The molecule has 1 aromatic carbocycles. The van der Waals surface area contributed by atoms with Crippen LogP contribution in [0.25, 0.3) is 22.2 Å². The van der Waals surface area contributed by atoms with Gasteiger partial charge in [0.25, 0.3) is 0 Å². The molecule has 0 N–H and O–H groups in total. The number of furan rings is 1. The third-order valence-corrected chi connectivity index (χ3v) is 2.40. The molecule has 0 saturated carbocycles. The van der Waals surface area contributed by atoms with Crippen LogP contribution in [-0.2, 0) is 0 Å². The summed E-state index contributed by atoms with van der Waals surface area (Å²) in [6.07, 6.45) is 3.53. The molecule has 3 rings (SSSR count). The Balaban J connectivity index is 2.22. The molecule has 2 heterocycles. The van der Waals surface area contributed by atoms with Crippen molar-refractivity contribution < 1.29 is 4.42 Å². The third kappa shape index (κ3) is 1.40. The highest BCUT2D eigenvalue weighted by molar-refractivity contribution is 5.84. The molecule has 15 heavy (non-hydrogen) atoms. The molecule has 2 nitrogen and oxygen atoms in total. The first-order valence-corrected chi connectivity index (χ1v) is 4.82. The van der Waals surface area contributed by atoms with E-state index >= 15 is 0 Å². The molecule has 0 fully saturated rings. The van der Waals surface area contributed by atoms with E-state index < -0.39 is 0 Å². The lowest BCUT2D eigenvalue weighted by molar-refractivity contribution is 0.580. The summed E-state index contributed by atoms with van der Waals surface area (Å²) in [5, 5.41) is 2.33. The van der Waals surface area contributed by atoms with Crippen LogP contribution >= 0.6 is 0 Å². The van der Waals surface area contributed by atoms with Gasteiger partial charge >= 0.3 is 0 Å². The molecule has 72 valence electrons. The normalized spacial score (nSPS) is 10.7. The maximum atomic E-state index is 5.31. The van der Waals surface area contributed by atoms with Gasteiger partial charge in [-0.05, 0) is 23.6 Å². The molecule has 3 aromatic rings. The Labute approximate surface area is 87.2 Å². The van der Waals surface area contributed by atoms with E-state index in [9.17, 15) is 0 Å². The van der Waals surface area contributed by atoms with Gasteiger partial charge in [0.15, 0.2) is 5.76 Å². The Kier molecular flexibility index (Phi) is 1.78. The first-order valence-electron chi connectivity index (χ1n) is 4.82. The van der Waals surface area contributed by atoms with Crippen molar-refractivity contribution in [2.45, 2.75) is 0 Å². The Morgan fingerprint density at radius 2 is 1.80 bits per heavy atom. The van der Waals surface area contributed by atoms with Gasteiger partial charge in [-0.2, -0.15) is 0 Å². The van der Waals surface area contributed by atoms with E-state index in [0.717, 1.165) is 16.8 Å². The van der Waals surface area contributed by atoms with Gasteiger partial charge in [0, 0.05) is 11.6 Å². The Bertz CT molecular complexity index is 584. The molecule has 0 aliphatic carbocycles. The van der Waals surface area contributed by atoms with Crippen LogP contribution in [-0.4, -0.2) is 4.98 Å². The maximum Gasteiger partial charge on any atom is 0.152 e. The van der Waals surface area contributed by atoms with Gasteiger partial charge in [-0.3, -0.25) is 4.98 Å². The molecule has 0 radical (unpaired) electrons. The molecular weight excluding hydrogens is 186 g/mol. The lowest BCUT2D eigenvalue weighted by Crippen LogP contribution is -1.81. The van der Waals surface area contributed by atoms with Crippen LogP contribution in [0.4, 0.5) is 0 Å². The van der Waals surface area contributed by atoms with Crippen molar-refractivity contribution in [2.75, 3.05) is 0 Å². The van der Waals surface area contributed by atoms with Crippen molar-refractivity contribution in [1.29, 1.82) is 0 Å². The van der Waals surface area contributed by atoms with Gasteiger partial charge < -0.3 is 4.42 Å². The summed E-state index contributed by atoms with van der Waals surface area (Å²) in [5.74, 6) is 0.806. The Morgan fingerprint density at radius 1 is 0.933 bits per heavy atom. The van der Waals surface area contributed by atoms with Crippen LogP contribution in [0.3, 0.4) is 0 Å². The van der Waals surface area contributed by atoms with Crippen LogP contribution in [0.15, 0.2) is 59.3 Å². The van der Waals surface area contributed by atoms with E-state index in [4.69, 9.17) is 4.42 Å². The van der Waals surface area contributed by atoms with E-state index in [2.05, 4.69) is 11.1 Å². The van der Waals surface area contributed by atoms with Gasteiger partial charge in [0.05, 0.1) is 6.26 Å². The first-order chi connectivity index (χ1) is 7.43. The number of nitrogens with zero attached hydrogens (tertiary/aromatic N) is 1. The van der Waals surface area contributed by atoms with Gasteiger partial charge in [0.1, 0.15) is 5.69 Å². The van der Waals surface area contributed by atoms with E-state index in [1.165, 1.54) is 5.39 Å². The summed E-state index contributed by atoms with van der Waals surface area (Å²) in [4.78, 5) is 4.36. The average molecular weight is 195 g/mol. The maximum absolute atomic E-state index is 5.31. The van der Waals surface area contributed by atoms with Gasteiger partial charge in [-0.25, -0.2) is 0 Å². The number of hydrogen-bond donors (Lipinski definition) is 0. The fourth-order valence-electron chi connectivity index (χ4n) is 1.64. The second-order valence-corrected chi connectivity index (χ2v) is 3.39. The lowest BCUT2D eigenvalue weighted by atomic mass is 10.1. The molecule has 0 unspecified atom stereocenters. The topological polar surface area (TPSA) is 26.0 Å². The highest BCUT2D eigenvalue weighted by Crippen LogP contribution is 2.21. The zero-order valence-electron chi connectivity index (χ0n) is 8.05. The molecule has 0 spiro atoms. The molecule has 0 atom stereocenters. The summed E-state index contributed by atoms with van der Waals surface area (Å²) in [6, 6.07) is 14.0. The summed E-state index contributed by atoms with van der Waals surface area (Å²) in [6.45, 7) is 0. The smallest absolute Gasteiger partial charge is 0.152 e. The van der Waals surface area contributed by atoms with Gasteiger partial charge in [0.2, 0.25) is 0 Å². The van der Waals surface area contributed by atoms with Crippen LogP contribution < -0.4 is 0 Å². The second-order valence-electron chi connectivity index (χ2n) is 3.39. The van der Waals surface area contributed by atoms with Crippen LogP contribution in [0.1, 0.15) is 0 Å². The zero-order chi connectivity index (χ0) is 10.1. The van der Waals surface area contributed by atoms with Crippen molar-refractivity contribution in [1.82, 2.24) is 4.98 Å². The predicted molar refractivity (Wildman–Crippen MR) is 59.4 cm³/mol. The van der Waals surface area contributed by atoms with Crippen LogP contribution in [0.5, 0.6) is 0 Å². The van der Waals surface area contributed by atoms with Gasteiger partial charge in [-0.1, -0.05) is 24.3 Å². The molecular formula is C13H9NO. The molecule has 0 amide bonds. The molecule has 0 aliphatic rings. The van der Waals surface area contributed by atoms with Crippen molar-refractivity contribution >= 4 is 10.8 Å². The monoisotopic (exact) mass is 195 g/mol. The summed E-state index contributed by atoms with van der Waals surface area (Å²) < 4.78 is 5.31. The standard InChI is InChI=1S/C13H9NO/c1-2-5-11-9-14-12(8-10(11)4-1)13-6-3-7-15-13/h1-9H. The Hall–Kier alpha value is -2.09. The minimum absolute atomic E-state index is 0.806. The fourth-order valence-corrected chi connectivity index (χ4v) is 1.64. The first kappa shape index (κ1) is 8.24. The quantitative estimate of drug-likeness (QED) is 0.594. The van der Waals surface area contributed by atoms with Crippen molar-refractivity contribution in [3.05, 3.63) is 54.9 Å².